The van der Waals surface area contributed by atoms with Gasteiger partial charge in [0.2, 0.25) is 5.91 Å². The fourth-order valence-corrected chi connectivity index (χ4v) is 3.89. The largest absolute Gasteiger partial charge is 0.334 e. The summed E-state index contributed by atoms with van der Waals surface area (Å²) in [6, 6.07) is 4.49. The summed E-state index contributed by atoms with van der Waals surface area (Å²) in [7, 11) is 2.01. The molecule has 1 unspecified atom stereocenters. The molecule has 0 bridgehead atoms. The van der Waals surface area contributed by atoms with Gasteiger partial charge in [0, 0.05) is 18.0 Å². The van der Waals surface area contributed by atoms with Crippen LogP contribution in [0.1, 0.15) is 37.6 Å². The Morgan fingerprint density at radius 2 is 2.33 bits per heavy atom. The molecule has 118 valence electrons. The summed E-state index contributed by atoms with van der Waals surface area (Å²) in [4.78, 5) is 18.1. The third-order valence-electron chi connectivity index (χ3n) is 4.10. The van der Waals surface area contributed by atoms with Crippen LogP contribution in [0.5, 0.6) is 0 Å². The van der Waals surface area contributed by atoms with Crippen molar-refractivity contribution in [3.8, 4) is 0 Å². The average molecular weight is 309 g/mol. The number of carbonyl (C=O) groups is 1. The minimum atomic E-state index is 0.0488. The van der Waals surface area contributed by atoms with Crippen molar-refractivity contribution in [1.82, 2.24) is 9.80 Å². The number of carbonyl (C=O) groups excluding carboxylic acids is 1. The van der Waals surface area contributed by atoms with Gasteiger partial charge in [-0.3, -0.25) is 9.69 Å². The third-order valence-corrected chi connectivity index (χ3v) is 5.07. The molecule has 1 aromatic rings. The van der Waals surface area contributed by atoms with Crippen molar-refractivity contribution in [2.45, 2.75) is 32.7 Å². The van der Waals surface area contributed by atoms with E-state index in [2.05, 4.69) is 41.2 Å². The fourth-order valence-electron chi connectivity index (χ4n) is 3.01. The first-order valence-corrected chi connectivity index (χ1v) is 8.52. The summed E-state index contributed by atoms with van der Waals surface area (Å²) in [5, 5.41) is 2.09. The van der Waals surface area contributed by atoms with Crippen LogP contribution in [0.2, 0.25) is 0 Å². The van der Waals surface area contributed by atoms with Gasteiger partial charge in [0.1, 0.15) is 0 Å². The second kappa shape index (κ2) is 6.90. The van der Waals surface area contributed by atoms with Crippen molar-refractivity contribution >= 4 is 17.2 Å². The van der Waals surface area contributed by atoms with Crippen molar-refractivity contribution in [2.24, 2.45) is 11.1 Å². The summed E-state index contributed by atoms with van der Waals surface area (Å²) in [5.74, 6) is 0.237. The lowest BCUT2D eigenvalue weighted by Crippen LogP contribution is -2.43. The molecule has 1 aromatic heterocycles. The van der Waals surface area contributed by atoms with Gasteiger partial charge in [0.15, 0.2) is 0 Å². The molecular weight excluding hydrogens is 282 g/mol. The number of nitrogens with zero attached hydrogens (tertiary/aromatic N) is 2. The molecule has 4 nitrogen and oxygen atoms in total. The van der Waals surface area contributed by atoms with Crippen LogP contribution >= 0.6 is 11.3 Å². The Labute approximate surface area is 131 Å². The number of nitrogens with two attached hydrogens (primary N) is 1. The Bertz CT molecular complexity index is 458. The van der Waals surface area contributed by atoms with E-state index in [0.29, 0.717) is 13.1 Å². The lowest BCUT2D eigenvalue weighted by molar-refractivity contribution is -0.133. The number of hydrogen-bond acceptors (Lipinski definition) is 4. The molecule has 2 heterocycles. The smallest absolute Gasteiger partial charge is 0.237 e. The highest BCUT2D eigenvalue weighted by Gasteiger charge is 2.31. The lowest BCUT2D eigenvalue weighted by Gasteiger charge is -2.31. The third kappa shape index (κ3) is 4.28. The van der Waals surface area contributed by atoms with Crippen molar-refractivity contribution in [3.05, 3.63) is 22.4 Å². The Morgan fingerprint density at radius 1 is 1.57 bits per heavy atom. The van der Waals surface area contributed by atoms with E-state index in [9.17, 15) is 4.79 Å². The van der Waals surface area contributed by atoms with Crippen molar-refractivity contribution in [1.29, 1.82) is 0 Å². The molecule has 1 aliphatic heterocycles. The molecule has 0 spiro atoms. The Morgan fingerprint density at radius 3 is 2.95 bits per heavy atom. The van der Waals surface area contributed by atoms with Crippen LogP contribution < -0.4 is 5.73 Å². The van der Waals surface area contributed by atoms with Crippen molar-refractivity contribution in [2.75, 3.05) is 33.2 Å². The van der Waals surface area contributed by atoms with E-state index in [1.165, 1.54) is 4.88 Å². The first-order valence-electron chi connectivity index (χ1n) is 7.64. The van der Waals surface area contributed by atoms with Gasteiger partial charge >= 0.3 is 0 Å². The fraction of sp³-hybridized carbons (Fsp3) is 0.688. The first kappa shape index (κ1) is 16.5. The van der Waals surface area contributed by atoms with Gasteiger partial charge < -0.3 is 10.6 Å². The Hall–Kier alpha value is -0.910. The van der Waals surface area contributed by atoms with Crippen LogP contribution in [0.3, 0.4) is 0 Å². The number of likely N-dealkylation sites (N-methyl/N-ethyl adjacent to an activating group) is 1. The summed E-state index contributed by atoms with van der Waals surface area (Å²) >= 11 is 1.75. The predicted molar refractivity (Wildman–Crippen MR) is 88.3 cm³/mol. The predicted octanol–water partition coefficient (Wildman–Crippen LogP) is 2.33. The van der Waals surface area contributed by atoms with Crippen LogP contribution in [0.4, 0.5) is 0 Å². The number of thiophene rings is 1. The summed E-state index contributed by atoms with van der Waals surface area (Å²) in [6.45, 7) is 7.11. The maximum atomic E-state index is 12.6. The van der Waals surface area contributed by atoms with Crippen LogP contribution in [-0.2, 0) is 4.79 Å². The molecule has 1 saturated heterocycles. The second-order valence-corrected chi connectivity index (χ2v) is 7.78. The molecular formula is C16H27N3OS. The minimum absolute atomic E-state index is 0.0488. The van der Waals surface area contributed by atoms with Gasteiger partial charge in [-0.1, -0.05) is 19.9 Å². The zero-order chi connectivity index (χ0) is 15.5. The topological polar surface area (TPSA) is 49.6 Å². The van der Waals surface area contributed by atoms with E-state index in [0.717, 1.165) is 25.9 Å². The van der Waals surface area contributed by atoms with Gasteiger partial charge in [0.05, 0.1) is 12.6 Å². The molecule has 2 N–H and O–H groups in total. The highest BCUT2D eigenvalue weighted by molar-refractivity contribution is 7.10. The van der Waals surface area contributed by atoms with E-state index in [-0.39, 0.29) is 17.4 Å². The maximum Gasteiger partial charge on any atom is 0.237 e. The molecule has 1 fully saturated rings. The normalized spacial score (nSPS) is 19.5. The van der Waals surface area contributed by atoms with Gasteiger partial charge in [-0.25, -0.2) is 0 Å². The average Bonchev–Trinajstić information content (AvgIpc) is 3.08. The quantitative estimate of drug-likeness (QED) is 0.877. The van der Waals surface area contributed by atoms with Gasteiger partial charge in [0.25, 0.3) is 0 Å². The van der Waals surface area contributed by atoms with E-state index >= 15 is 0 Å². The highest BCUT2D eigenvalue weighted by atomic mass is 32.1. The van der Waals surface area contributed by atoms with E-state index < -0.39 is 0 Å². The highest BCUT2D eigenvalue weighted by Crippen LogP contribution is 2.34. The molecule has 1 atom stereocenters. The van der Waals surface area contributed by atoms with Crippen LogP contribution in [-0.4, -0.2) is 48.9 Å². The van der Waals surface area contributed by atoms with Crippen LogP contribution in [0, 0.1) is 5.41 Å². The summed E-state index contributed by atoms with van der Waals surface area (Å²) in [5.41, 5.74) is 5.82. The van der Waals surface area contributed by atoms with E-state index in [4.69, 9.17) is 5.73 Å². The first-order chi connectivity index (χ1) is 9.93. The molecule has 1 amide bonds. The second-order valence-electron chi connectivity index (χ2n) is 6.80. The number of rotatable bonds is 6. The Kier molecular flexibility index (Phi) is 5.41. The zero-order valence-corrected chi connectivity index (χ0v) is 14.2. The SMILES string of the molecule is CN(CC(=O)N1CCCC1c1cccs1)CC(C)(C)CN. The molecule has 1 aliphatic rings. The van der Waals surface area contributed by atoms with Gasteiger partial charge in [-0.2, -0.15) is 0 Å². The van der Waals surface area contributed by atoms with E-state index in [1.54, 1.807) is 11.3 Å². The van der Waals surface area contributed by atoms with Crippen LogP contribution in [0.25, 0.3) is 0 Å². The molecule has 2 rings (SSSR count). The molecule has 0 radical (unpaired) electrons. The Balaban J connectivity index is 1.93. The monoisotopic (exact) mass is 309 g/mol. The zero-order valence-electron chi connectivity index (χ0n) is 13.3. The number of likely N-dealkylation sites (tertiary alicyclic amines) is 1. The number of amides is 1. The number of hydrogen-bond donors (Lipinski definition) is 1. The lowest BCUT2D eigenvalue weighted by atomic mass is 9.93. The van der Waals surface area contributed by atoms with Crippen molar-refractivity contribution in [3.63, 3.8) is 0 Å². The molecule has 21 heavy (non-hydrogen) atoms. The van der Waals surface area contributed by atoms with Gasteiger partial charge in [-0.15, -0.1) is 11.3 Å². The standard InChI is InChI=1S/C16H27N3OS/c1-16(2,11-17)12-18(3)10-15(20)19-8-4-6-13(19)14-7-5-9-21-14/h5,7,9,13H,4,6,8,10-12,17H2,1-3H3. The molecule has 5 heteroatoms. The van der Waals surface area contributed by atoms with Crippen LogP contribution in [0.15, 0.2) is 17.5 Å². The van der Waals surface area contributed by atoms with E-state index in [1.807, 2.05) is 7.05 Å². The minimum Gasteiger partial charge on any atom is -0.334 e. The van der Waals surface area contributed by atoms with Crippen molar-refractivity contribution < 1.29 is 4.79 Å². The molecule has 0 saturated carbocycles. The molecule has 0 aromatic carbocycles. The summed E-state index contributed by atoms with van der Waals surface area (Å²) in [6.07, 6.45) is 2.19. The van der Waals surface area contributed by atoms with Gasteiger partial charge in [-0.05, 0) is 43.3 Å². The maximum absolute atomic E-state index is 12.6. The molecule has 0 aliphatic carbocycles. The summed E-state index contributed by atoms with van der Waals surface area (Å²) < 4.78 is 0.